The van der Waals surface area contributed by atoms with Crippen LogP contribution in [0.4, 0.5) is 0 Å². The molecule has 2 heteroatoms. The largest absolute Gasteiger partial charge is 0.357 e. The van der Waals surface area contributed by atoms with Gasteiger partial charge in [-0.3, -0.25) is 0 Å². The molecule has 0 spiro atoms. The molecule has 1 aliphatic heterocycles. The molecular weight excluding hydrogens is 114 g/mol. The summed E-state index contributed by atoms with van der Waals surface area (Å²) in [7, 11) is 0. The molecule has 1 atom stereocenters. The van der Waals surface area contributed by atoms with Gasteiger partial charge in [-0.1, -0.05) is 19.8 Å². The van der Waals surface area contributed by atoms with Crippen molar-refractivity contribution in [2.24, 2.45) is 5.92 Å². The molecule has 0 bridgehead atoms. The second kappa shape index (κ2) is 2.84. The van der Waals surface area contributed by atoms with Gasteiger partial charge in [0.15, 0.2) is 6.10 Å². The number of rotatable bonds is 0. The summed E-state index contributed by atoms with van der Waals surface area (Å²) in [6, 6.07) is 1.92. The fraction of sp³-hybridized carbons (Fsp3) is 0.857. The van der Waals surface area contributed by atoms with Crippen LogP contribution in [0.3, 0.4) is 0 Å². The lowest BCUT2D eigenvalue weighted by atomic mass is 10.5. The Bertz CT molecular complexity index is 119. The molecule has 2 nitrogen and oxygen atoms in total. The van der Waals surface area contributed by atoms with E-state index >= 15 is 0 Å². The van der Waals surface area contributed by atoms with Crippen LogP contribution in [0.5, 0.6) is 0 Å². The molecule has 2 fully saturated rings. The second-order valence-corrected chi connectivity index (χ2v) is 2.63. The zero-order valence-electron chi connectivity index (χ0n) is 5.63. The summed E-state index contributed by atoms with van der Waals surface area (Å²) in [4.78, 5) is 0. The van der Waals surface area contributed by atoms with Crippen LogP contribution < -0.4 is 0 Å². The Hall–Kier alpha value is -0.550. The Morgan fingerprint density at radius 3 is 2.00 bits per heavy atom. The van der Waals surface area contributed by atoms with Gasteiger partial charge in [-0.15, -0.1) is 0 Å². The van der Waals surface area contributed by atoms with E-state index in [1.807, 2.05) is 6.07 Å². The van der Waals surface area contributed by atoms with E-state index in [2.05, 4.69) is 11.7 Å². The van der Waals surface area contributed by atoms with Gasteiger partial charge >= 0.3 is 0 Å². The fourth-order valence-corrected chi connectivity index (χ4v) is 0.289. The minimum atomic E-state index is -0.0602. The van der Waals surface area contributed by atoms with Gasteiger partial charge < -0.3 is 4.74 Å². The first-order valence-corrected chi connectivity index (χ1v) is 3.34. The van der Waals surface area contributed by atoms with Gasteiger partial charge in [-0.2, -0.15) is 5.26 Å². The summed E-state index contributed by atoms with van der Waals surface area (Å²) in [5, 5.41) is 7.83. The summed E-state index contributed by atoms with van der Waals surface area (Å²) in [5.74, 6) is 1.08. The van der Waals surface area contributed by atoms with Crippen molar-refractivity contribution in [3.8, 4) is 6.07 Å². The van der Waals surface area contributed by atoms with Crippen LogP contribution >= 0.6 is 0 Å². The first-order valence-electron chi connectivity index (χ1n) is 3.34. The molecule has 9 heavy (non-hydrogen) atoms. The highest BCUT2D eigenvalue weighted by molar-refractivity contribution is 4.92. The number of ether oxygens (including phenoxy) is 1. The van der Waals surface area contributed by atoms with Crippen molar-refractivity contribution in [3.05, 3.63) is 0 Å². The molecule has 1 heterocycles. The quantitative estimate of drug-likeness (QED) is 0.458. The average molecular weight is 125 g/mol. The van der Waals surface area contributed by atoms with Gasteiger partial charge in [0, 0.05) is 0 Å². The third kappa shape index (κ3) is 3.99. The van der Waals surface area contributed by atoms with Gasteiger partial charge in [0.25, 0.3) is 0 Å². The summed E-state index contributed by atoms with van der Waals surface area (Å²) < 4.78 is 4.50. The highest BCUT2D eigenvalue weighted by Crippen LogP contribution is 2.26. The van der Waals surface area contributed by atoms with Crippen molar-refractivity contribution in [2.45, 2.75) is 25.9 Å². The maximum atomic E-state index is 7.83. The van der Waals surface area contributed by atoms with E-state index in [1.165, 1.54) is 12.8 Å². The van der Waals surface area contributed by atoms with E-state index < -0.39 is 0 Å². The molecule has 1 unspecified atom stereocenters. The van der Waals surface area contributed by atoms with Crippen LogP contribution in [0.1, 0.15) is 19.8 Å². The smallest absolute Gasteiger partial charge is 0.167 e. The van der Waals surface area contributed by atoms with Gasteiger partial charge in [-0.05, 0) is 5.92 Å². The Morgan fingerprint density at radius 2 is 2.00 bits per heavy atom. The molecule has 0 aromatic carbocycles. The molecule has 0 aromatic heterocycles. The maximum Gasteiger partial charge on any atom is 0.167 e. The monoisotopic (exact) mass is 125 g/mol. The average Bonchev–Trinajstić information content (AvgIpc) is 2.57. The first kappa shape index (κ1) is 6.57. The molecule has 2 rings (SSSR count). The predicted molar refractivity (Wildman–Crippen MR) is 33.8 cm³/mol. The van der Waals surface area contributed by atoms with Crippen molar-refractivity contribution < 1.29 is 4.74 Å². The standard InChI is InChI=1S/C4H8.C3H3NO/c1-4-2-3-4;4-1-3-2-5-3/h4H,2-3H2,1H3;3H,2H2. The number of nitrogens with zero attached hydrogens (tertiary/aromatic N) is 1. The zero-order chi connectivity index (χ0) is 6.69. The van der Waals surface area contributed by atoms with Crippen LogP contribution in [-0.2, 0) is 4.74 Å². The number of hydrogen-bond acceptors (Lipinski definition) is 2. The fourth-order valence-electron chi connectivity index (χ4n) is 0.289. The van der Waals surface area contributed by atoms with Crippen LogP contribution in [0.15, 0.2) is 0 Å². The van der Waals surface area contributed by atoms with E-state index in [0.29, 0.717) is 6.61 Å². The molecule has 0 N–H and O–H groups in total. The van der Waals surface area contributed by atoms with Crippen LogP contribution in [-0.4, -0.2) is 12.7 Å². The highest BCUT2D eigenvalue weighted by atomic mass is 16.6. The maximum absolute atomic E-state index is 7.83. The first-order chi connectivity index (χ1) is 4.33. The number of nitriles is 1. The van der Waals surface area contributed by atoms with Gasteiger partial charge in [-0.25, -0.2) is 0 Å². The van der Waals surface area contributed by atoms with Crippen molar-refractivity contribution >= 4 is 0 Å². The number of hydrogen-bond donors (Lipinski definition) is 0. The normalized spacial score (nSPS) is 29.6. The Kier molecular flexibility index (Phi) is 2.07. The molecular formula is C7H11NO. The van der Waals surface area contributed by atoms with Crippen LogP contribution in [0, 0.1) is 17.2 Å². The molecule has 2 aliphatic rings. The van der Waals surface area contributed by atoms with Gasteiger partial charge in [0.1, 0.15) is 0 Å². The van der Waals surface area contributed by atoms with E-state index in [-0.39, 0.29) is 6.10 Å². The van der Waals surface area contributed by atoms with E-state index in [9.17, 15) is 0 Å². The van der Waals surface area contributed by atoms with Crippen LogP contribution in [0.25, 0.3) is 0 Å². The lowest BCUT2D eigenvalue weighted by Gasteiger charge is -1.53. The Balaban J connectivity index is 0.0000000922. The van der Waals surface area contributed by atoms with E-state index in [0.717, 1.165) is 5.92 Å². The van der Waals surface area contributed by atoms with Crippen molar-refractivity contribution in [1.29, 1.82) is 5.26 Å². The number of epoxide rings is 1. The molecule has 0 radical (unpaired) electrons. The topological polar surface area (TPSA) is 36.3 Å². The van der Waals surface area contributed by atoms with Crippen molar-refractivity contribution in [1.82, 2.24) is 0 Å². The summed E-state index contributed by atoms with van der Waals surface area (Å²) in [6.45, 7) is 2.93. The second-order valence-electron chi connectivity index (χ2n) is 2.63. The van der Waals surface area contributed by atoms with Crippen molar-refractivity contribution in [2.75, 3.05) is 6.61 Å². The van der Waals surface area contributed by atoms with Gasteiger partial charge in [0.05, 0.1) is 12.7 Å². The van der Waals surface area contributed by atoms with E-state index in [1.54, 1.807) is 0 Å². The summed E-state index contributed by atoms with van der Waals surface area (Å²) in [5.41, 5.74) is 0. The molecule has 1 saturated carbocycles. The van der Waals surface area contributed by atoms with E-state index in [4.69, 9.17) is 5.26 Å². The minimum Gasteiger partial charge on any atom is -0.357 e. The van der Waals surface area contributed by atoms with Gasteiger partial charge in [0.2, 0.25) is 0 Å². The minimum absolute atomic E-state index is 0.0602. The zero-order valence-corrected chi connectivity index (χ0v) is 5.63. The Labute approximate surface area is 55.4 Å². The molecule has 1 saturated heterocycles. The Morgan fingerprint density at radius 1 is 1.56 bits per heavy atom. The third-order valence-corrected chi connectivity index (χ3v) is 1.34. The highest BCUT2D eigenvalue weighted by Gasteiger charge is 2.20. The molecule has 0 amide bonds. The summed E-state index contributed by atoms with van der Waals surface area (Å²) >= 11 is 0. The van der Waals surface area contributed by atoms with Crippen molar-refractivity contribution in [3.63, 3.8) is 0 Å². The predicted octanol–water partition coefficient (Wildman–Crippen LogP) is 1.33. The third-order valence-electron chi connectivity index (χ3n) is 1.34. The SMILES string of the molecule is CC1CC1.N#CC1CO1. The van der Waals surface area contributed by atoms with Crippen LogP contribution in [0.2, 0.25) is 0 Å². The summed E-state index contributed by atoms with van der Waals surface area (Å²) in [6.07, 6.45) is 2.91. The molecule has 1 aliphatic carbocycles. The molecule has 50 valence electrons. The molecule has 0 aromatic rings. The lowest BCUT2D eigenvalue weighted by molar-refractivity contribution is 0.443. The lowest BCUT2D eigenvalue weighted by Crippen LogP contribution is -1.67.